The number of nitrogens with one attached hydrogen (secondary N) is 2. The average Bonchev–Trinajstić information content (AvgIpc) is 3.03. The van der Waals surface area contributed by atoms with Crippen LogP contribution in [-0.2, 0) is 12.8 Å². The highest BCUT2D eigenvalue weighted by atomic mass is 35.5. The third kappa shape index (κ3) is 4.65. The van der Waals surface area contributed by atoms with E-state index in [0.29, 0.717) is 31.7 Å². The molecule has 2 aliphatic rings. The fourth-order valence-electron chi connectivity index (χ4n) is 3.56. The number of fused-ring (bicyclic) bond motifs is 1. The Morgan fingerprint density at radius 2 is 1.96 bits per heavy atom. The Hall–Kier alpha value is -1.31. The third-order valence-corrected chi connectivity index (χ3v) is 4.82. The molecule has 1 aliphatic heterocycles. The summed E-state index contributed by atoms with van der Waals surface area (Å²) < 4.78 is 40.1. The molecule has 0 radical (unpaired) electrons. The van der Waals surface area contributed by atoms with Gasteiger partial charge in [-0.3, -0.25) is 9.69 Å². The zero-order valence-electron chi connectivity index (χ0n) is 13.9. The fraction of sp³-hybridized carbons (Fsp3) is 0.588. The van der Waals surface area contributed by atoms with Crippen LogP contribution < -0.4 is 10.6 Å². The van der Waals surface area contributed by atoms with Gasteiger partial charge in [-0.25, -0.2) is 0 Å². The number of carbonyl (C=O) groups excluding carboxylic acids is 1. The van der Waals surface area contributed by atoms with E-state index in [-0.39, 0.29) is 12.4 Å². The first-order valence-electron chi connectivity index (χ1n) is 8.37. The Morgan fingerprint density at radius 1 is 1.24 bits per heavy atom. The van der Waals surface area contributed by atoms with E-state index < -0.39 is 24.7 Å². The highest BCUT2D eigenvalue weighted by Crippen LogP contribution is 2.26. The van der Waals surface area contributed by atoms with Crippen molar-refractivity contribution in [3.8, 4) is 0 Å². The van der Waals surface area contributed by atoms with Crippen LogP contribution in [0, 0.1) is 0 Å². The smallest absolute Gasteiger partial charge is 0.350 e. The number of benzene rings is 1. The maximum absolute atomic E-state index is 13.4. The van der Waals surface area contributed by atoms with E-state index in [1.165, 1.54) is 4.90 Å². The number of carbonyl (C=O) groups is 1. The lowest BCUT2D eigenvalue weighted by molar-refractivity contribution is -0.183. The summed E-state index contributed by atoms with van der Waals surface area (Å²) in [7, 11) is 0. The number of piperazine rings is 1. The normalized spacial score (nSPS) is 19.0. The van der Waals surface area contributed by atoms with Gasteiger partial charge in [0, 0.05) is 38.3 Å². The van der Waals surface area contributed by atoms with Gasteiger partial charge in [0.25, 0.3) is 5.91 Å². The Bertz CT molecular complexity index is 603. The maximum atomic E-state index is 13.4. The van der Waals surface area contributed by atoms with Gasteiger partial charge in [-0.2, -0.15) is 13.2 Å². The molecule has 140 valence electrons. The molecule has 25 heavy (non-hydrogen) atoms. The molecule has 1 heterocycles. The number of hydrogen-bond acceptors (Lipinski definition) is 3. The largest absolute Gasteiger partial charge is 0.405 e. The zero-order valence-corrected chi connectivity index (χ0v) is 14.7. The minimum atomic E-state index is -4.36. The highest BCUT2D eigenvalue weighted by Gasteiger charge is 2.43. The van der Waals surface area contributed by atoms with E-state index in [9.17, 15) is 18.0 Å². The minimum absolute atomic E-state index is 0. The molecule has 0 aromatic heterocycles. The van der Waals surface area contributed by atoms with Crippen molar-refractivity contribution in [3.63, 3.8) is 0 Å². The molecule has 1 fully saturated rings. The number of halogens is 4. The van der Waals surface area contributed by atoms with Crippen molar-refractivity contribution in [2.24, 2.45) is 0 Å². The first-order chi connectivity index (χ1) is 11.5. The number of nitrogens with zero attached hydrogens (tertiary/aromatic N) is 1. The van der Waals surface area contributed by atoms with Crippen molar-refractivity contribution < 1.29 is 18.0 Å². The van der Waals surface area contributed by atoms with Crippen LogP contribution in [-0.4, -0.2) is 55.7 Å². The number of hydrogen-bond donors (Lipinski definition) is 2. The number of alkyl halides is 3. The molecule has 4 nitrogen and oxygen atoms in total. The lowest BCUT2D eigenvalue weighted by Gasteiger charge is -2.36. The van der Waals surface area contributed by atoms with Gasteiger partial charge in [-0.05, 0) is 36.5 Å². The molecule has 1 aromatic rings. The van der Waals surface area contributed by atoms with E-state index in [2.05, 4.69) is 10.6 Å². The molecule has 1 aromatic carbocycles. The first-order valence-corrected chi connectivity index (χ1v) is 8.37. The summed E-state index contributed by atoms with van der Waals surface area (Å²) in [5.41, 5.74) is 2.64. The summed E-state index contributed by atoms with van der Waals surface area (Å²) in [6, 6.07) is 3.85. The van der Waals surface area contributed by atoms with E-state index >= 15 is 0 Å². The van der Waals surface area contributed by atoms with Crippen molar-refractivity contribution in [1.29, 1.82) is 0 Å². The standard InChI is InChI=1S/C17H22F3N3O.ClH/c18-17(19,20)15(23-9-7-21-8-10-23)11-22-16(24)14-6-2-4-12-3-1-5-13(12)14;/h2,4,6,15,21H,1,3,5,7-11H2,(H,22,24);1H. The monoisotopic (exact) mass is 377 g/mol. The first kappa shape index (κ1) is 20.0. The quantitative estimate of drug-likeness (QED) is 0.845. The third-order valence-electron chi connectivity index (χ3n) is 4.82. The molecule has 1 unspecified atom stereocenters. The maximum Gasteiger partial charge on any atom is 0.405 e. The van der Waals surface area contributed by atoms with Gasteiger partial charge in [0.1, 0.15) is 6.04 Å². The van der Waals surface area contributed by atoms with E-state index in [1.54, 1.807) is 12.1 Å². The number of amides is 1. The SMILES string of the molecule is Cl.O=C(NCC(N1CCNCC1)C(F)(F)F)c1cccc2c1CCC2. The van der Waals surface area contributed by atoms with Gasteiger partial charge in [0.15, 0.2) is 0 Å². The molecular weight excluding hydrogens is 355 g/mol. The topological polar surface area (TPSA) is 44.4 Å². The average molecular weight is 378 g/mol. The van der Waals surface area contributed by atoms with Gasteiger partial charge in [0.2, 0.25) is 0 Å². The van der Waals surface area contributed by atoms with Crippen LogP contribution >= 0.6 is 12.4 Å². The summed E-state index contributed by atoms with van der Waals surface area (Å²) >= 11 is 0. The second kappa shape index (κ2) is 8.38. The number of rotatable bonds is 4. The zero-order chi connectivity index (χ0) is 17.2. The molecule has 0 bridgehead atoms. The highest BCUT2D eigenvalue weighted by molar-refractivity contribution is 5.96. The molecular formula is C17H23ClF3N3O. The van der Waals surface area contributed by atoms with E-state index in [0.717, 1.165) is 30.4 Å². The molecule has 1 saturated heterocycles. The summed E-state index contributed by atoms with van der Waals surface area (Å²) in [4.78, 5) is 13.8. The van der Waals surface area contributed by atoms with Crippen LogP contribution in [0.3, 0.4) is 0 Å². The lowest BCUT2D eigenvalue weighted by atomic mass is 10.0. The van der Waals surface area contributed by atoms with Gasteiger partial charge < -0.3 is 10.6 Å². The van der Waals surface area contributed by atoms with Crippen LogP contribution in [0.25, 0.3) is 0 Å². The van der Waals surface area contributed by atoms with Crippen molar-refractivity contribution in [3.05, 3.63) is 34.9 Å². The van der Waals surface area contributed by atoms with Gasteiger partial charge >= 0.3 is 6.18 Å². The molecule has 0 spiro atoms. The molecule has 2 N–H and O–H groups in total. The minimum Gasteiger partial charge on any atom is -0.350 e. The molecule has 0 saturated carbocycles. The van der Waals surface area contributed by atoms with Crippen molar-refractivity contribution in [2.75, 3.05) is 32.7 Å². The van der Waals surface area contributed by atoms with E-state index in [4.69, 9.17) is 0 Å². The predicted molar refractivity (Wildman–Crippen MR) is 92.3 cm³/mol. The van der Waals surface area contributed by atoms with Crippen LogP contribution in [0.4, 0.5) is 13.2 Å². The summed E-state index contributed by atoms with van der Waals surface area (Å²) in [5.74, 6) is -0.405. The van der Waals surface area contributed by atoms with Crippen molar-refractivity contribution in [2.45, 2.75) is 31.5 Å². The van der Waals surface area contributed by atoms with Crippen molar-refractivity contribution >= 4 is 18.3 Å². The predicted octanol–water partition coefficient (Wildman–Crippen LogP) is 2.16. The number of aryl methyl sites for hydroxylation is 1. The Kier molecular flexibility index (Phi) is 6.71. The van der Waals surface area contributed by atoms with Gasteiger partial charge in [-0.1, -0.05) is 12.1 Å². The van der Waals surface area contributed by atoms with Gasteiger partial charge in [-0.15, -0.1) is 12.4 Å². The Morgan fingerprint density at radius 3 is 2.64 bits per heavy atom. The molecule has 3 rings (SSSR count). The Balaban J connectivity index is 0.00000225. The van der Waals surface area contributed by atoms with Crippen LogP contribution in [0.5, 0.6) is 0 Å². The second-order valence-electron chi connectivity index (χ2n) is 6.35. The van der Waals surface area contributed by atoms with Crippen molar-refractivity contribution in [1.82, 2.24) is 15.5 Å². The molecule has 1 atom stereocenters. The molecule has 1 amide bonds. The summed E-state index contributed by atoms with van der Waals surface area (Å²) in [6.07, 6.45) is -1.61. The molecule has 1 aliphatic carbocycles. The van der Waals surface area contributed by atoms with Gasteiger partial charge in [0.05, 0.1) is 0 Å². The summed E-state index contributed by atoms with van der Waals surface area (Å²) in [5, 5.41) is 5.56. The van der Waals surface area contributed by atoms with E-state index in [1.807, 2.05) is 6.07 Å². The van der Waals surface area contributed by atoms with Crippen LogP contribution in [0.2, 0.25) is 0 Å². The summed E-state index contributed by atoms with van der Waals surface area (Å²) in [6.45, 7) is 1.33. The van der Waals surface area contributed by atoms with Crippen LogP contribution in [0.1, 0.15) is 27.9 Å². The lowest BCUT2D eigenvalue weighted by Crippen LogP contribution is -2.57. The second-order valence-corrected chi connectivity index (χ2v) is 6.35. The fourth-order valence-corrected chi connectivity index (χ4v) is 3.56. The Labute approximate surface area is 151 Å². The van der Waals surface area contributed by atoms with Crippen LogP contribution in [0.15, 0.2) is 18.2 Å². The molecule has 8 heteroatoms.